The van der Waals surface area contributed by atoms with Gasteiger partial charge in [-0.2, -0.15) is 0 Å². The van der Waals surface area contributed by atoms with E-state index in [2.05, 4.69) is 20.5 Å². The molecular formula is C11H13ClN6OS2. The SMILES string of the molecule is CSc1nnc(S[C@@H](C)C(=O)Nc2cccnc2Cl)n1N. The van der Waals surface area contributed by atoms with Crippen molar-refractivity contribution in [1.82, 2.24) is 19.9 Å². The van der Waals surface area contributed by atoms with Crippen molar-refractivity contribution in [2.24, 2.45) is 0 Å². The number of nitrogens with two attached hydrogens (primary N) is 1. The van der Waals surface area contributed by atoms with Crippen molar-refractivity contribution in [3.63, 3.8) is 0 Å². The maximum atomic E-state index is 12.1. The first kappa shape index (κ1) is 15.9. The molecule has 0 saturated carbocycles. The zero-order valence-corrected chi connectivity index (χ0v) is 13.7. The van der Waals surface area contributed by atoms with Crippen molar-refractivity contribution < 1.29 is 4.79 Å². The van der Waals surface area contributed by atoms with Gasteiger partial charge >= 0.3 is 0 Å². The van der Waals surface area contributed by atoms with E-state index < -0.39 is 5.25 Å². The van der Waals surface area contributed by atoms with Gasteiger partial charge in [0.05, 0.1) is 10.9 Å². The first-order chi connectivity index (χ1) is 10.0. The highest BCUT2D eigenvalue weighted by Gasteiger charge is 2.20. The minimum absolute atomic E-state index is 0.219. The van der Waals surface area contributed by atoms with Crippen LogP contribution in [0.5, 0.6) is 0 Å². The van der Waals surface area contributed by atoms with E-state index in [0.717, 1.165) is 0 Å². The third-order valence-electron chi connectivity index (χ3n) is 2.48. The molecule has 21 heavy (non-hydrogen) atoms. The quantitative estimate of drug-likeness (QED) is 0.485. The second kappa shape index (κ2) is 7.01. The van der Waals surface area contributed by atoms with Gasteiger partial charge in [0, 0.05) is 6.20 Å². The monoisotopic (exact) mass is 344 g/mol. The number of carbonyl (C=O) groups is 1. The number of hydrogen-bond acceptors (Lipinski definition) is 7. The highest BCUT2D eigenvalue weighted by atomic mass is 35.5. The van der Waals surface area contributed by atoms with E-state index in [9.17, 15) is 4.79 Å². The number of halogens is 1. The largest absolute Gasteiger partial charge is 0.335 e. The summed E-state index contributed by atoms with van der Waals surface area (Å²) in [5.41, 5.74) is 0.468. The van der Waals surface area contributed by atoms with Crippen LogP contribution in [-0.4, -0.2) is 37.3 Å². The Bertz CT molecular complexity index is 649. The molecule has 0 spiro atoms. The normalized spacial score (nSPS) is 12.1. The number of thioether (sulfide) groups is 2. The molecule has 0 fully saturated rings. The highest BCUT2D eigenvalue weighted by molar-refractivity contribution is 8.00. The van der Waals surface area contributed by atoms with E-state index >= 15 is 0 Å². The maximum absolute atomic E-state index is 12.1. The Labute approximate surface area is 135 Å². The summed E-state index contributed by atoms with van der Waals surface area (Å²) >= 11 is 8.49. The smallest absolute Gasteiger partial charge is 0.237 e. The lowest BCUT2D eigenvalue weighted by atomic mass is 10.4. The summed E-state index contributed by atoms with van der Waals surface area (Å²) in [5.74, 6) is 5.61. The second-order valence-electron chi connectivity index (χ2n) is 3.93. The van der Waals surface area contributed by atoms with Gasteiger partial charge in [0.15, 0.2) is 5.15 Å². The van der Waals surface area contributed by atoms with Crippen LogP contribution in [-0.2, 0) is 4.79 Å². The Morgan fingerprint density at radius 2 is 2.19 bits per heavy atom. The molecule has 0 aromatic carbocycles. The molecule has 0 aliphatic carbocycles. The third-order valence-corrected chi connectivity index (χ3v) is 4.49. The van der Waals surface area contributed by atoms with Gasteiger partial charge in [-0.1, -0.05) is 35.1 Å². The molecule has 7 nitrogen and oxygen atoms in total. The lowest BCUT2D eigenvalue weighted by Crippen LogP contribution is -2.24. The van der Waals surface area contributed by atoms with Crippen LogP contribution in [0, 0.1) is 0 Å². The lowest BCUT2D eigenvalue weighted by molar-refractivity contribution is -0.115. The van der Waals surface area contributed by atoms with Crippen molar-refractivity contribution in [3.05, 3.63) is 23.5 Å². The first-order valence-electron chi connectivity index (χ1n) is 5.85. The summed E-state index contributed by atoms with van der Waals surface area (Å²) in [5, 5.41) is 11.5. The van der Waals surface area contributed by atoms with Crippen LogP contribution in [0.2, 0.25) is 5.15 Å². The van der Waals surface area contributed by atoms with E-state index in [0.29, 0.717) is 16.0 Å². The number of amides is 1. The van der Waals surface area contributed by atoms with E-state index in [1.54, 1.807) is 25.3 Å². The Morgan fingerprint density at radius 3 is 2.81 bits per heavy atom. The van der Waals surface area contributed by atoms with Crippen LogP contribution in [0.25, 0.3) is 0 Å². The molecule has 0 unspecified atom stereocenters. The van der Waals surface area contributed by atoms with Crippen LogP contribution in [0.1, 0.15) is 6.92 Å². The standard InChI is InChI=1S/C11H13ClN6OS2/c1-6(21-11-17-16-10(20-2)18(11)13)9(19)15-7-4-3-5-14-8(7)12/h3-6H,13H2,1-2H3,(H,15,19)/t6-/m0/s1. The van der Waals surface area contributed by atoms with Crippen molar-refractivity contribution in [2.75, 3.05) is 17.4 Å². The van der Waals surface area contributed by atoms with Crippen molar-refractivity contribution >= 4 is 46.7 Å². The maximum Gasteiger partial charge on any atom is 0.237 e. The van der Waals surface area contributed by atoms with Gasteiger partial charge in [-0.05, 0) is 25.3 Å². The van der Waals surface area contributed by atoms with Crippen LogP contribution >= 0.6 is 35.1 Å². The fourth-order valence-corrected chi connectivity index (χ4v) is 2.81. The molecule has 0 aliphatic heterocycles. The van der Waals surface area contributed by atoms with E-state index in [4.69, 9.17) is 17.4 Å². The van der Waals surface area contributed by atoms with Crippen LogP contribution in [0.15, 0.2) is 28.6 Å². The van der Waals surface area contributed by atoms with Crippen molar-refractivity contribution in [2.45, 2.75) is 22.5 Å². The van der Waals surface area contributed by atoms with Crippen LogP contribution < -0.4 is 11.2 Å². The molecule has 2 heterocycles. The summed E-state index contributed by atoms with van der Waals surface area (Å²) < 4.78 is 1.36. The Hall–Kier alpha value is -1.45. The number of anilines is 1. The predicted octanol–water partition coefficient (Wildman–Crippen LogP) is 1.88. The number of nitrogens with zero attached hydrogens (tertiary/aromatic N) is 4. The summed E-state index contributed by atoms with van der Waals surface area (Å²) in [4.78, 5) is 16.0. The molecule has 0 radical (unpaired) electrons. The van der Waals surface area contributed by atoms with Gasteiger partial charge in [-0.15, -0.1) is 10.2 Å². The zero-order valence-electron chi connectivity index (χ0n) is 11.3. The summed E-state index contributed by atoms with van der Waals surface area (Å²) in [6.45, 7) is 1.75. The van der Waals surface area contributed by atoms with E-state index in [1.807, 2.05) is 6.26 Å². The molecule has 1 amide bonds. The molecule has 112 valence electrons. The lowest BCUT2D eigenvalue weighted by Gasteiger charge is -2.11. The molecule has 1 atom stereocenters. The van der Waals surface area contributed by atoms with E-state index in [1.165, 1.54) is 28.2 Å². The Kier molecular flexibility index (Phi) is 5.32. The molecule has 0 aliphatic rings. The average Bonchev–Trinajstić information content (AvgIpc) is 2.82. The van der Waals surface area contributed by atoms with Gasteiger partial charge in [-0.3, -0.25) is 4.79 Å². The number of hydrogen-bond donors (Lipinski definition) is 2. The molecule has 2 aromatic rings. The molecule has 2 aromatic heterocycles. The highest BCUT2D eigenvalue weighted by Crippen LogP contribution is 2.25. The van der Waals surface area contributed by atoms with Crippen molar-refractivity contribution in [3.8, 4) is 0 Å². The van der Waals surface area contributed by atoms with Gasteiger partial charge in [0.1, 0.15) is 0 Å². The number of carbonyl (C=O) groups excluding carboxylic acids is 1. The fourth-order valence-electron chi connectivity index (χ4n) is 1.41. The van der Waals surface area contributed by atoms with Gasteiger partial charge < -0.3 is 11.2 Å². The van der Waals surface area contributed by atoms with E-state index in [-0.39, 0.29) is 11.1 Å². The number of nitrogen functional groups attached to an aromatic ring is 1. The average molecular weight is 345 g/mol. The molecule has 0 saturated heterocycles. The number of aromatic nitrogens is 4. The molecular weight excluding hydrogens is 332 g/mol. The van der Waals surface area contributed by atoms with Gasteiger partial charge in [0.2, 0.25) is 16.2 Å². The predicted molar refractivity (Wildman–Crippen MR) is 85.1 cm³/mol. The fraction of sp³-hybridized carbons (Fsp3) is 0.273. The topological polar surface area (TPSA) is 98.7 Å². The minimum atomic E-state index is -0.414. The molecule has 3 N–H and O–H groups in total. The number of pyridine rings is 1. The Morgan fingerprint density at radius 1 is 1.48 bits per heavy atom. The number of rotatable bonds is 5. The summed E-state index contributed by atoms with van der Waals surface area (Å²) in [6.07, 6.45) is 3.40. The molecule has 0 bridgehead atoms. The third kappa shape index (κ3) is 3.80. The summed E-state index contributed by atoms with van der Waals surface area (Å²) in [6, 6.07) is 3.38. The molecule has 2 rings (SSSR count). The first-order valence-corrected chi connectivity index (χ1v) is 8.33. The zero-order chi connectivity index (χ0) is 15.4. The minimum Gasteiger partial charge on any atom is -0.335 e. The Balaban J connectivity index is 2.03. The summed E-state index contributed by atoms with van der Waals surface area (Å²) in [7, 11) is 0. The van der Waals surface area contributed by atoms with Gasteiger partial charge in [0.25, 0.3) is 0 Å². The van der Waals surface area contributed by atoms with Gasteiger partial charge in [-0.25, -0.2) is 9.66 Å². The molecule has 10 heteroatoms. The second-order valence-corrected chi connectivity index (χ2v) is 6.37. The van der Waals surface area contributed by atoms with Crippen LogP contribution in [0.4, 0.5) is 5.69 Å². The number of nitrogens with one attached hydrogen (secondary N) is 1. The van der Waals surface area contributed by atoms with Crippen molar-refractivity contribution in [1.29, 1.82) is 0 Å². The van der Waals surface area contributed by atoms with Crippen LogP contribution in [0.3, 0.4) is 0 Å².